The number of carboxylic acid groups (broad SMARTS) is 1. The van der Waals surface area contributed by atoms with E-state index in [-0.39, 0.29) is 11.9 Å². The van der Waals surface area contributed by atoms with Crippen molar-refractivity contribution in [1.29, 1.82) is 0 Å². The van der Waals surface area contributed by atoms with Crippen LogP contribution in [0.15, 0.2) is 0 Å². The molecule has 18 heavy (non-hydrogen) atoms. The van der Waals surface area contributed by atoms with Crippen molar-refractivity contribution in [2.45, 2.75) is 31.3 Å². The van der Waals surface area contributed by atoms with Gasteiger partial charge >= 0.3 is 5.97 Å². The molecule has 1 saturated heterocycles. The molecule has 7 heteroatoms. The van der Waals surface area contributed by atoms with Crippen molar-refractivity contribution in [3.63, 3.8) is 0 Å². The van der Waals surface area contributed by atoms with E-state index in [1.165, 1.54) is 0 Å². The lowest BCUT2D eigenvalue weighted by Gasteiger charge is -2.22. The Labute approximate surface area is 111 Å². The normalized spacial score (nSPS) is 21.3. The average Bonchev–Trinajstić information content (AvgIpc) is 2.38. The lowest BCUT2D eigenvalue weighted by atomic mass is 10.1. The van der Waals surface area contributed by atoms with Crippen LogP contribution in [0.3, 0.4) is 0 Å². The van der Waals surface area contributed by atoms with Gasteiger partial charge in [0.2, 0.25) is 5.91 Å². The summed E-state index contributed by atoms with van der Waals surface area (Å²) in [5.74, 6) is 0.930. The first-order chi connectivity index (χ1) is 8.61. The Bertz CT molecular complexity index is 283. The standard InChI is InChI=1S/C11H21N3O3S/c12-8(11(16)17)3-1-2-4-14-10(15)9-7-18-6-5-13-9/h8-9,13H,1-7,12H2,(H,14,15)(H,16,17)/t8-,9?/m1/s1. The summed E-state index contributed by atoms with van der Waals surface area (Å²) in [5.41, 5.74) is 5.38. The van der Waals surface area contributed by atoms with Gasteiger partial charge in [-0.2, -0.15) is 11.8 Å². The fourth-order valence-corrected chi connectivity index (χ4v) is 2.62. The molecule has 2 atom stereocenters. The largest absolute Gasteiger partial charge is 0.480 e. The van der Waals surface area contributed by atoms with Gasteiger partial charge in [-0.15, -0.1) is 0 Å². The van der Waals surface area contributed by atoms with Crippen LogP contribution in [0, 0.1) is 0 Å². The second-order valence-corrected chi connectivity index (χ2v) is 5.46. The van der Waals surface area contributed by atoms with Crippen molar-refractivity contribution in [2.24, 2.45) is 5.73 Å². The van der Waals surface area contributed by atoms with Crippen LogP contribution in [0.5, 0.6) is 0 Å². The SMILES string of the molecule is N[C@H](CCCCNC(=O)C1CSCCN1)C(=O)O. The summed E-state index contributed by atoms with van der Waals surface area (Å²) < 4.78 is 0. The predicted molar refractivity (Wildman–Crippen MR) is 71.6 cm³/mol. The summed E-state index contributed by atoms with van der Waals surface area (Å²) in [6.07, 6.45) is 1.91. The molecule has 1 amide bonds. The number of amides is 1. The van der Waals surface area contributed by atoms with Crippen LogP contribution in [0.4, 0.5) is 0 Å². The van der Waals surface area contributed by atoms with Gasteiger partial charge < -0.3 is 21.5 Å². The Morgan fingerprint density at radius 3 is 2.89 bits per heavy atom. The fraction of sp³-hybridized carbons (Fsp3) is 0.818. The molecule has 1 heterocycles. The molecule has 0 aliphatic carbocycles. The Kier molecular flexibility index (Phi) is 7.07. The molecule has 0 aromatic carbocycles. The van der Waals surface area contributed by atoms with E-state index in [2.05, 4.69) is 10.6 Å². The number of carboxylic acids is 1. The van der Waals surface area contributed by atoms with Crippen molar-refractivity contribution < 1.29 is 14.7 Å². The topological polar surface area (TPSA) is 104 Å². The first kappa shape index (κ1) is 15.3. The second kappa shape index (κ2) is 8.34. The fourth-order valence-electron chi connectivity index (χ4n) is 1.68. The van der Waals surface area contributed by atoms with Gasteiger partial charge in [0.15, 0.2) is 0 Å². The molecule has 104 valence electrons. The van der Waals surface area contributed by atoms with E-state index >= 15 is 0 Å². The molecule has 0 aromatic heterocycles. The number of hydrogen-bond acceptors (Lipinski definition) is 5. The molecule has 1 aliphatic heterocycles. The van der Waals surface area contributed by atoms with E-state index in [0.29, 0.717) is 19.4 Å². The maximum Gasteiger partial charge on any atom is 0.320 e. The van der Waals surface area contributed by atoms with Crippen LogP contribution in [0.2, 0.25) is 0 Å². The lowest BCUT2D eigenvalue weighted by molar-refractivity contribution is -0.138. The third-order valence-corrected chi connectivity index (χ3v) is 3.86. The van der Waals surface area contributed by atoms with E-state index in [0.717, 1.165) is 24.5 Å². The number of nitrogens with two attached hydrogens (primary N) is 1. The number of aliphatic carboxylic acids is 1. The monoisotopic (exact) mass is 275 g/mol. The minimum atomic E-state index is -0.970. The molecule has 1 fully saturated rings. The van der Waals surface area contributed by atoms with E-state index in [9.17, 15) is 9.59 Å². The van der Waals surface area contributed by atoms with E-state index in [1.807, 2.05) is 0 Å². The molecular formula is C11H21N3O3S. The van der Waals surface area contributed by atoms with Gasteiger partial charge in [-0.3, -0.25) is 9.59 Å². The van der Waals surface area contributed by atoms with Gasteiger partial charge in [0.25, 0.3) is 0 Å². The average molecular weight is 275 g/mol. The Morgan fingerprint density at radius 1 is 1.50 bits per heavy atom. The third kappa shape index (κ3) is 5.70. The Hall–Kier alpha value is -0.790. The number of thioether (sulfide) groups is 1. The smallest absolute Gasteiger partial charge is 0.320 e. The molecule has 0 saturated carbocycles. The highest BCUT2D eigenvalue weighted by molar-refractivity contribution is 7.99. The predicted octanol–water partition coefficient (Wildman–Crippen LogP) is -0.610. The van der Waals surface area contributed by atoms with Crippen LogP contribution < -0.4 is 16.4 Å². The van der Waals surface area contributed by atoms with Crippen molar-refractivity contribution >= 4 is 23.6 Å². The summed E-state index contributed by atoms with van der Waals surface area (Å²) in [5, 5.41) is 14.6. The summed E-state index contributed by atoms with van der Waals surface area (Å²) in [6.45, 7) is 1.45. The van der Waals surface area contributed by atoms with Crippen LogP contribution >= 0.6 is 11.8 Å². The summed E-state index contributed by atoms with van der Waals surface area (Å²) in [6, 6.07) is -0.887. The zero-order chi connectivity index (χ0) is 13.4. The molecule has 5 N–H and O–H groups in total. The first-order valence-electron chi connectivity index (χ1n) is 6.18. The third-order valence-electron chi connectivity index (χ3n) is 2.80. The lowest BCUT2D eigenvalue weighted by Crippen LogP contribution is -2.49. The van der Waals surface area contributed by atoms with Gasteiger partial charge in [-0.1, -0.05) is 0 Å². The maximum absolute atomic E-state index is 11.7. The molecule has 0 aromatic rings. The Balaban J connectivity index is 2.03. The van der Waals surface area contributed by atoms with E-state index in [4.69, 9.17) is 10.8 Å². The minimum absolute atomic E-state index is 0.0322. The molecule has 0 bridgehead atoms. The number of unbranched alkanes of at least 4 members (excludes halogenated alkanes) is 1. The summed E-state index contributed by atoms with van der Waals surface area (Å²) in [4.78, 5) is 22.2. The van der Waals surface area contributed by atoms with Gasteiger partial charge in [0.1, 0.15) is 6.04 Å². The molecule has 6 nitrogen and oxygen atoms in total. The van der Waals surface area contributed by atoms with Crippen LogP contribution in [-0.4, -0.2) is 53.7 Å². The minimum Gasteiger partial charge on any atom is -0.480 e. The maximum atomic E-state index is 11.7. The second-order valence-electron chi connectivity index (χ2n) is 4.31. The number of nitrogens with one attached hydrogen (secondary N) is 2. The van der Waals surface area contributed by atoms with Gasteiger partial charge in [-0.25, -0.2) is 0 Å². The zero-order valence-electron chi connectivity index (χ0n) is 10.4. The highest BCUT2D eigenvalue weighted by Gasteiger charge is 2.20. The van der Waals surface area contributed by atoms with Crippen LogP contribution in [0.25, 0.3) is 0 Å². The number of carbonyl (C=O) groups excluding carboxylic acids is 1. The molecule has 1 aliphatic rings. The summed E-state index contributed by atoms with van der Waals surface area (Å²) >= 11 is 1.78. The van der Waals surface area contributed by atoms with E-state index in [1.54, 1.807) is 11.8 Å². The van der Waals surface area contributed by atoms with Crippen LogP contribution in [-0.2, 0) is 9.59 Å². The first-order valence-corrected chi connectivity index (χ1v) is 7.34. The molecule has 0 radical (unpaired) electrons. The highest BCUT2D eigenvalue weighted by Crippen LogP contribution is 2.07. The van der Waals surface area contributed by atoms with Gasteiger partial charge in [-0.05, 0) is 19.3 Å². The highest BCUT2D eigenvalue weighted by atomic mass is 32.2. The van der Waals surface area contributed by atoms with Gasteiger partial charge in [0, 0.05) is 24.6 Å². The molecule has 1 unspecified atom stereocenters. The van der Waals surface area contributed by atoms with Crippen LogP contribution in [0.1, 0.15) is 19.3 Å². The van der Waals surface area contributed by atoms with E-state index < -0.39 is 12.0 Å². The molecule has 1 rings (SSSR count). The quantitative estimate of drug-likeness (QED) is 0.462. The number of carbonyl (C=O) groups is 2. The zero-order valence-corrected chi connectivity index (χ0v) is 11.2. The number of hydrogen-bond donors (Lipinski definition) is 4. The van der Waals surface area contributed by atoms with Crippen molar-refractivity contribution in [3.8, 4) is 0 Å². The van der Waals surface area contributed by atoms with Crippen molar-refractivity contribution in [3.05, 3.63) is 0 Å². The summed E-state index contributed by atoms with van der Waals surface area (Å²) in [7, 11) is 0. The van der Waals surface area contributed by atoms with Gasteiger partial charge in [0.05, 0.1) is 6.04 Å². The van der Waals surface area contributed by atoms with Crippen molar-refractivity contribution in [1.82, 2.24) is 10.6 Å². The molecule has 0 spiro atoms. The Morgan fingerprint density at radius 2 is 2.28 bits per heavy atom. The van der Waals surface area contributed by atoms with Crippen molar-refractivity contribution in [2.75, 3.05) is 24.6 Å². The molecular weight excluding hydrogens is 254 g/mol. The number of rotatable bonds is 7.